The topological polar surface area (TPSA) is 35.8 Å². The van der Waals surface area contributed by atoms with Gasteiger partial charge in [-0.25, -0.2) is 4.39 Å². The Kier molecular flexibility index (Phi) is 4.13. The molecule has 6 heteroatoms. The number of para-hydroxylation sites is 1. The Morgan fingerprint density at radius 2 is 1.71 bits per heavy atom. The van der Waals surface area contributed by atoms with Gasteiger partial charge in [0.2, 0.25) is 0 Å². The van der Waals surface area contributed by atoms with Crippen molar-refractivity contribution in [2.24, 2.45) is 0 Å². The average Bonchev–Trinajstić information content (AvgIpc) is 2.44. The van der Waals surface area contributed by atoms with Gasteiger partial charge in [0.25, 0.3) is 0 Å². The third-order valence-electron chi connectivity index (χ3n) is 2.79. The predicted molar refractivity (Wildman–Crippen MR) is 69.8 cm³/mol. The number of nitrogens with one attached hydrogen (secondary N) is 1. The van der Waals surface area contributed by atoms with Crippen molar-refractivity contribution < 1.29 is 17.6 Å². The Hall–Kier alpha value is -2.55. The molecule has 0 amide bonds. The second-order valence-electron chi connectivity index (χ2n) is 4.34. The fourth-order valence-electron chi connectivity index (χ4n) is 1.83. The Morgan fingerprint density at radius 1 is 1.05 bits per heavy atom. The van der Waals surface area contributed by atoms with Gasteiger partial charge in [-0.3, -0.25) is 0 Å². The van der Waals surface area contributed by atoms with Crippen LogP contribution >= 0.6 is 0 Å². The maximum absolute atomic E-state index is 13.4. The van der Waals surface area contributed by atoms with Crippen LogP contribution in [0.1, 0.15) is 17.2 Å². The smallest absolute Gasteiger partial charge is 0.366 e. The number of rotatable bonds is 3. The van der Waals surface area contributed by atoms with Gasteiger partial charge in [-0.1, -0.05) is 18.2 Å². The van der Waals surface area contributed by atoms with E-state index in [9.17, 15) is 17.6 Å². The van der Waals surface area contributed by atoms with E-state index in [2.05, 4.69) is 5.32 Å². The molecule has 2 aromatic rings. The molecule has 21 heavy (non-hydrogen) atoms. The molecule has 0 aliphatic rings. The first-order valence-electron chi connectivity index (χ1n) is 5.99. The Labute approximate surface area is 118 Å². The van der Waals surface area contributed by atoms with Crippen LogP contribution in [0.15, 0.2) is 48.5 Å². The van der Waals surface area contributed by atoms with E-state index in [1.54, 1.807) is 30.3 Å². The molecule has 1 unspecified atom stereocenters. The van der Waals surface area contributed by atoms with E-state index in [0.717, 1.165) is 12.1 Å². The van der Waals surface area contributed by atoms with Crippen LogP contribution < -0.4 is 5.32 Å². The van der Waals surface area contributed by atoms with E-state index in [4.69, 9.17) is 5.26 Å². The van der Waals surface area contributed by atoms with Crippen LogP contribution in [0.2, 0.25) is 0 Å². The van der Waals surface area contributed by atoms with Gasteiger partial charge in [-0.2, -0.15) is 18.4 Å². The summed E-state index contributed by atoms with van der Waals surface area (Å²) < 4.78 is 51.4. The minimum absolute atomic E-state index is 0.0753. The van der Waals surface area contributed by atoms with Crippen LogP contribution in [-0.2, 0) is 6.18 Å². The monoisotopic (exact) mass is 294 g/mol. The van der Waals surface area contributed by atoms with Gasteiger partial charge in [0.05, 0.1) is 11.6 Å². The summed E-state index contributed by atoms with van der Waals surface area (Å²) in [6.45, 7) is 0. The lowest BCUT2D eigenvalue weighted by atomic mass is 10.0. The zero-order valence-corrected chi connectivity index (χ0v) is 10.7. The number of benzene rings is 2. The van der Waals surface area contributed by atoms with Crippen LogP contribution in [0.4, 0.5) is 23.2 Å². The van der Waals surface area contributed by atoms with E-state index < -0.39 is 23.6 Å². The van der Waals surface area contributed by atoms with Gasteiger partial charge < -0.3 is 5.32 Å². The van der Waals surface area contributed by atoms with E-state index in [1.807, 2.05) is 6.07 Å². The highest BCUT2D eigenvalue weighted by Gasteiger charge is 2.32. The Morgan fingerprint density at radius 3 is 2.29 bits per heavy atom. The predicted octanol–water partition coefficient (Wildman–Crippen LogP) is 4.52. The largest absolute Gasteiger partial charge is 0.416 e. The average molecular weight is 294 g/mol. The first-order valence-corrected chi connectivity index (χ1v) is 5.99. The van der Waals surface area contributed by atoms with Gasteiger partial charge >= 0.3 is 6.18 Å². The minimum atomic E-state index is -4.66. The number of hydrogen-bond acceptors (Lipinski definition) is 2. The fourth-order valence-corrected chi connectivity index (χ4v) is 1.83. The Balaban J connectivity index is 2.35. The number of alkyl halides is 3. The number of hydrogen-bond donors (Lipinski definition) is 1. The van der Waals surface area contributed by atoms with Crippen LogP contribution in [-0.4, -0.2) is 0 Å². The van der Waals surface area contributed by atoms with Gasteiger partial charge in [-0.05, 0) is 35.9 Å². The summed E-state index contributed by atoms with van der Waals surface area (Å²) in [4.78, 5) is 0. The lowest BCUT2D eigenvalue weighted by molar-refractivity contribution is -0.137. The van der Waals surface area contributed by atoms with Crippen molar-refractivity contribution in [2.45, 2.75) is 12.2 Å². The lowest BCUT2D eigenvalue weighted by Gasteiger charge is -2.15. The zero-order chi connectivity index (χ0) is 15.5. The summed E-state index contributed by atoms with van der Waals surface area (Å²) in [5.74, 6) is -1.03. The molecule has 0 bridgehead atoms. The zero-order valence-electron chi connectivity index (χ0n) is 10.7. The van der Waals surface area contributed by atoms with Gasteiger partial charge in [0, 0.05) is 5.69 Å². The van der Waals surface area contributed by atoms with Crippen molar-refractivity contribution in [2.75, 3.05) is 5.32 Å². The van der Waals surface area contributed by atoms with Crippen LogP contribution in [0.5, 0.6) is 0 Å². The summed E-state index contributed by atoms with van der Waals surface area (Å²) in [7, 11) is 0. The molecule has 2 aromatic carbocycles. The van der Waals surface area contributed by atoms with Crippen molar-refractivity contribution in [3.63, 3.8) is 0 Å². The molecule has 0 aromatic heterocycles. The van der Waals surface area contributed by atoms with Crippen molar-refractivity contribution in [1.29, 1.82) is 5.26 Å². The minimum Gasteiger partial charge on any atom is -0.366 e. The van der Waals surface area contributed by atoms with E-state index in [0.29, 0.717) is 11.8 Å². The standard InChI is InChI=1S/C15H10F4N2/c16-12-7-10(6-11(8-12)15(17,18)19)14(9-20)21-13-4-2-1-3-5-13/h1-8,14,21H. The van der Waals surface area contributed by atoms with Gasteiger partial charge in [0.15, 0.2) is 0 Å². The van der Waals surface area contributed by atoms with E-state index >= 15 is 0 Å². The van der Waals surface area contributed by atoms with Crippen LogP contribution in [0.3, 0.4) is 0 Å². The molecule has 1 atom stereocenters. The molecule has 0 aliphatic heterocycles. The van der Waals surface area contributed by atoms with Crippen LogP contribution in [0.25, 0.3) is 0 Å². The highest BCUT2D eigenvalue weighted by atomic mass is 19.4. The van der Waals surface area contributed by atoms with Gasteiger partial charge in [-0.15, -0.1) is 0 Å². The number of anilines is 1. The van der Waals surface area contributed by atoms with E-state index in [1.165, 1.54) is 0 Å². The molecule has 0 aliphatic carbocycles. The summed E-state index contributed by atoms with van der Waals surface area (Å²) >= 11 is 0. The lowest BCUT2D eigenvalue weighted by Crippen LogP contribution is -2.12. The molecule has 0 heterocycles. The van der Waals surface area contributed by atoms with Crippen LogP contribution in [0, 0.1) is 17.1 Å². The van der Waals surface area contributed by atoms with Crippen molar-refractivity contribution >= 4 is 5.69 Å². The SMILES string of the molecule is N#CC(Nc1ccccc1)c1cc(F)cc(C(F)(F)F)c1. The van der Waals surface area contributed by atoms with Gasteiger partial charge in [0.1, 0.15) is 11.9 Å². The molecule has 2 rings (SSSR count). The molecule has 108 valence electrons. The molecular formula is C15H10F4N2. The summed E-state index contributed by atoms with van der Waals surface area (Å²) in [5, 5.41) is 11.9. The summed E-state index contributed by atoms with van der Waals surface area (Å²) in [6.07, 6.45) is -4.66. The van der Waals surface area contributed by atoms with Crippen molar-refractivity contribution in [1.82, 2.24) is 0 Å². The molecule has 0 fully saturated rings. The summed E-state index contributed by atoms with van der Waals surface area (Å²) in [5.41, 5.74) is -0.636. The number of nitriles is 1. The first kappa shape index (κ1) is 14.9. The quantitative estimate of drug-likeness (QED) is 0.845. The molecular weight excluding hydrogens is 284 g/mol. The molecule has 0 radical (unpaired) electrons. The molecule has 1 N–H and O–H groups in total. The molecule has 0 spiro atoms. The normalized spacial score (nSPS) is 12.5. The maximum Gasteiger partial charge on any atom is 0.416 e. The van der Waals surface area contributed by atoms with Crippen molar-refractivity contribution in [3.8, 4) is 6.07 Å². The second-order valence-corrected chi connectivity index (χ2v) is 4.34. The Bertz CT molecular complexity index is 660. The third-order valence-corrected chi connectivity index (χ3v) is 2.79. The van der Waals surface area contributed by atoms with E-state index in [-0.39, 0.29) is 5.56 Å². The molecule has 0 saturated heterocycles. The molecule has 2 nitrogen and oxygen atoms in total. The number of halogens is 4. The third kappa shape index (κ3) is 3.72. The molecule has 0 saturated carbocycles. The second kappa shape index (κ2) is 5.83. The summed E-state index contributed by atoms with van der Waals surface area (Å²) in [6, 6.07) is 11.3. The highest BCUT2D eigenvalue weighted by molar-refractivity contribution is 5.47. The van der Waals surface area contributed by atoms with Crippen molar-refractivity contribution in [3.05, 3.63) is 65.5 Å². The number of nitrogens with zero attached hydrogens (tertiary/aromatic N) is 1. The maximum atomic E-state index is 13.4. The first-order chi connectivity index (χ1) is 9.90. The fraction of sp³-hybridized carbons (Fsp3) is 0.133. The highest BCUT2D eigenvalue weighted by Crippen LogP contribution is 2.32.